The third kappa shape index (κ3) is 4.39. The van der Waals surface area contributed by atoms with Gasteiger partial charge in [-0.2, -0.15) is 10.1 Å². The summed E-state index contributed by atoms with van der Waals surface area (Å²) >= 11 is 0. The molecule has 0 aliphatic carbocycles. The zero-order valence-electron chi connectivity index (χ0n) is 14.6. The second kappa shape index (κ2) is 7.85. The lowest BCUT2D eigenvalue weighted by Crippen LogP contribution is -2.27. The molecule has 0 saturated heterocycles. The monoisotopic (exact) mass is 338 g/mol. The molecule has 1 atom stereocenters. The van der Waals surface area contributed by atoms with Crippen molar-refractivity contribution in [3.05, 3.63) is 53.7 Å². The summed E-state index contributed by atoms with van der Waals surface area (Å²) in [6, 6.07) is 10.2. The van der Waals surface area contributed by atoms with Crippen LogP contribution in [-0.2, 0) is 0 Å². The van der Waals surface area contributed by atoms with Crippen molar-refractivity contribution < 1.29 is 4.52 Å². The summed E-state index contributed by atoms with van der Waals surface area (Å²) in [6.45, 7) is 7.07. The molecular formula is C18H22N6O. The zero-order valence-corrected chi connectivity index (χ0v) is 14.6. The van der Waals surface area contributed by atoms with E-state index in [2.05, 4.69) is 69.6 Å². The average molecular weight is 338 g/mol. The van der Waals surface area contributed by atoms with Crippen molar-refractivity contribution in [3.8, 4) is 11.6 Å². The van der Waals surface area contributed by atoms with Crippen molar-refractivity contribution >= 4 is 6.08 Å². The largest absolute Gasteiger partial charge is 0.337 e. The Morgan fingerprint density at radius 1 is 1.28 bits per heavy atom. The van der Waals surface area contributed by atoms with E-state index in [0.717, 1.165) is 6.54 Å². The lowest BCUT2D eigenvalue weighted by Gasteiger charge is -2.18. The first kappa shape index (κ1) is 17.0. The molecule has 3 rings (SSSR count). The van der Waals surface area contributed by atoms with E-state index in [1.165, 1.54) is 17.5 Å². The normalized spacial score (nSPS) is 13.4. The maximum Gasteiger partial charge on any atom is 0.244 e. The minimum Gasteiger partial charge on any atom is -0.337 e. The molecule has 3 aromatic rings. The van der Waals surface area contributed by atoms with Gasteiger partial charge in [-0.3, -0.25) is 5.10 Å². The quantitative estimate of drug-likeness (QED) is 0.687. The van der Waals surface area contributed by atoms with Gasteiger partial charge in [-0.05, 0) is 18.4 Å². The Kier molecular flexibility index (Phi) is 5.35. The van der Waals surface area contributed by atoms with Crippen LogP contribution < -0.4 is 5.32 Å². The number of H-pyrrole nitrogens is 1. The van der Waals surface area contributed by atoms with Gasteiger partial charge >= 0.3 is 0 Å². The van der Waals surface area contributed by atoms with Gasteiger partial charge in [0.15, 0.2) is 5.82 Å². The maximum absolute atomic E-state index is 5.43. The Morgan fingerprint density at radius 2 is 2.08 bits per heavy atom. The van der Waals surface area contributed by atoms with Crippen LogP contribution in [0.3, 0.4) is 0 Å². The summed E-state index contributed by atoms with van der Waals surface area (Å²) in [6.07, 6.45) is 3.58. The molecule has 0 radical (unpaired) electrons. The molecule has 1 unspecified atom stereocenters. The van der Waals surface area contributed by atoms with Gasteiger partial charge in [-0.15, -0.1) is 0 Å². The van der Waals surface area contributed by atoms with Crippen LogP contribution in [0.25, 0.3) is 17.7 Å². The van der Waals surface area contributed by atoms with E-state index in [1.807, 2.05) is 18.2 Å². The Bertz CT molecular complexity index is 807. The average Bonchev–Trinajstić information content (AvgIpc) is 3.27. The minimum absolute atomic E-state index is 0.0386. The third-order valence-electron chi connectivity index (χ3n) is 3.81. The fraction of sp³-hybridized carbons (Fsp3) is 0.333. The number of aromatic nitrogens is 5. The van der Waals surface area contributed by atoms with Crippen molar-refractivity contribution in [1.82, 2.24) is 30.6 Å². The van der Waals surface area contributed by atoms with Crippen molar-refractivity contribution in [2.75, 3.05) is 6.54 Å². The fourth-order valence-corrected chi connectivity index (χ4v) is 2.53. The Hall–Kier alpha value is -2.80. The SMILES string of the molecule is CC(=Cc1ccccc1)CNC(c1nc(-c2ncn[nH]2)no1)C(C)C. The molecule has 2 heterocycles. The summed E-state index contributed by atoms with van der Waals surface area (Å²) in [5.41, 5.74) is 2.42. The van der Waals surface area contributed by atoms with Crippen LogP contribution in [0.2, 0.25) is 0 Å². The number of hydrogen-bond donors (Lipinski definition) is 2. The molecule has 0 spiro atoms. The Morgan fingerprint density at radius 3 is 2.76 bits per heavy atom. The molecule has 130 valence electrons. The van der Waals surface area contributed by atoms with Gasteiger partial charge < -0.3 is 9.84 Å². The first-order valence-corrected chi connectivity index (χ1v) is 8.28. The molecule has 2 N–H and O–H groups in total. The number of rotatable bonds is 7. The first-order valence-electron chi connectivity index (χ1n) is 8.28. The molecule has 0 aliphatic rings. The third-order valence-corrected chi connectivity index (χ3v) is 3.81. The zero-order chi connectivity index (χ0) is 17.6. The van der Waals surface area contributed by atoms with Crippen LogP contribution in [-0.4, -0.2) is 31.9 Å². The smallest absolute Gasteiger partial charge is 0.244 e. The molecule has 0 amide bonds. The van der Waals surface area contributed by atoms with Crippen LogP contribution >= 0.6 is 0 Å². The molecular weight excluding hydrogens is 316 g/mol. The summed E-state index contributed by atoms with van der Waals surface area (Å²) < 4.78 is 5.43. The van der Waals surface area contributed by atoms with Gasteiger partial charge in [0.25, 0.3) is 0 Å². The van der Waals surface area contributed by atoms with Crippen LogP contribution in [0.1, 0.15) is 38.3 Å². The predicted molar refractivity (Wildman–Crippen MR) is 95.3 cm³/mol. The van der Waals surface area contributed by atoms with Gasteiger partial charge in [0.05, 0.1) is 6.04 Å². The molecule has 0 saturated carbocycles. The van der Waals surface area contributed by atoms with E-state index < -0.39 is 0 Å². The Balaban J connectivity index is 1.69. The molecule has 0 fully saturated rings. The van der Waals surface area contributed by atoms with E-state index in [4.69, 9.17) is 4.52 Å². The molecule has 0 bridgehead atoms. The standard InChI is InChI=1S/C18H22N6O/c1-12(2)15(18-22-17(24-25-18)16-20-11-21-23-16)19-10-13(3)9-14-7-5-4-6-8-14/h4-9,11-12,15,19H,10H2,1-3H3,(H,20,21,23). The second-order valence-electron chi connectivity index (χ2n) is 6.29. The lowest BCUT2D eigenvalue weighted by atomic mass is 10.0. The van der Waals surface area contributed by atoms with E-state index in [1.54, 1.807) is 0 Å². The van der Waals surface area contributed by atoms with Gasteiger partial charge in [0.1, 0.15) is 6.33 Å². The predicted octanol–water partition coefficient (Wildman–Crippen LogP) is 3.24. The minimum atomic E-state index is -0.0386. The van der Waals surface area contributed by atoms with E-state index in [9.17, 15) is 0 Å². The van der Waals surface area contributed by atoms with Gasteiger partial charge in [-0.25, -0.2) is 4.98 Å². The number of benzene rings is 1. The highest BCUT2D eigenvalue weighted by molar-refractivity contribution is 5.52. The molecule has 25 heavy (non-hydrogen) atoms. The molecule has 1 aromatic carbocycles. The topological polar surface area (TPSA) is 92.5 Å². The number of aromatic amines is 1. The number of hydrogen-bond acceptors (Lipinski definition) is 6. The van der Waals surface area contributed by atoms with Crippen LogP contribution in [0.5, 0.6) is 0 Å². The summed E-state index contributed by atoms with van der Waals surface area (Å²) in [4.78, 5) is 8.49. The van der Waals surface area contributed by atoms with Gasteiger partial charge in [0, 0.05) is 6.54 Å². The van der Waals surface area contributed by atoms with Crippen LogP contribution in [0, 0.1) is 5.92 Å². The number of nitrogens with zero attached hydrogens (tertiary/aromatic N) is 4. The Labute approximate surface area is 146 Å². The molecule has 2 aromatic heterocycles. The molecule has 0 aliphatic heterocycles. The van der Waals surface area contributed by atoms with Crippen LogP contribution in [0.4, 0.5) is 0 Å². The highest BCUT2D eigenvalue weighted by Gasteiger charge is 2.23. The summed E-state index contributed by atoms with van der Waals surface area (Å²) in [5, 5.41) is 14.0. The van der Waals surface area contributed by atoms with E-state index in [0.29, 0.717) is 23.5 Å². The van der Waals surface area contributed by atoms with Crippen molar-refractivity contribution in [1.29, 1.82) is 0 Å². The van der Waals surface area contributed by atoms with Crippen LogP contribution in [0.15, 0.2) is 46.8 Å². The van der Waals surface area contributed by atoms with E-state index in [-0.39, 0.29) is 6.04 Å². The molecule has 7 heteroatoms. The highest BCUT2D eigenvalue weighted by Crippen LogP contribution is 2.22. The van der Waals surface area contributed by atoms with E-state index >= 15 is 0 Å². The maximum atomic E-state index is 5.43. The van der Waals surface area contributed by atoms with Crippen molar-refractivity contribution in [2.45, 2.75) is 26.8 Å². The van der Waals surface area contributed by atoms with Gasteiger partial charge in [-0.1, -0.05) is 61.0 Å². The number of nitrogens with one attached hydrogen (secondary N) is 2. The summed E-state index contributed by atoms with van der Waals surface area (Å²) in [7, 11) is 0. The van der Waals surface area contributed by atoms with Crippen molar-refractivity contribution in [3.63, 3.8) is 0 Å². The first-order chi connectivity index (χ1) is 12.1. The second-order valence-corrected chi connectivity index (χ2v) is 6.29. The highest BCUT2D eigenvalue weighted by atomic mass is 16.5. The fourth-order valence-electron chi connectivity index (χ4n) is 2.53. The van der Waals surface area contributed by atoms with Crippen molar-refractivity contribution in [2.24, 2.45) is 5.92 Å². The lowest BCUT2D eigenvalue weighted by molar-refractivity contribution is 0.294. The summed E-state index contributed by atoms with van der Waals surface area (Å²) in [5.74, 6) is 1.76. The molecule has 7 nitrogen and oxygen atoms in total. The van der Waals surface area contributed by atoms with Gasteiger partial charge in [0.2, 0.25) is 11.7 Å².